The molecule has 0 aromatic rings. The van der Waals surface area contributed by atoms with E-state index in [1.165, 1.54) is 7.05 Å². The summed E-state index contributed by atoms with van der Waals surface area (Å²) in [7, 11) is 1.50. The summed E-state index contributed by atoms with van der Waals surface area (Å²) in [5, 5.41) is 5.93. The summed E-state index contributed by atoms with van der Waals surface area (Å²) in [6.45, 7) is 0.469. The van der Waals surface area contributed by atoms with Gasteiger partial charge in [-0.25, -0.2) is 0 Å². The number of likely N-dealkylation sites (tertiary alicyclic amines) is 1. The van der Waals surface area contributed by atoms with Gasteiger partial charge in [-0.3, -0.25) is 19.3 Å². The van der Waals surface area contributed by atoms with E-state index < -0.39 is 0 Å². The number of nitrogens with zero attached hydrogens (tertiary/aromatic N) is 1. The molecule has 2 aliphatic rings. The average molecular weight is 253 g/mol. The molecule has 0 radical (unpaired) electrons. The first-order valence-electron chi connectivity index (χ1n) is 6.41. The Morgan fingerprint density at radius 3 is 2.72 bits per heavy atom. The van der Waals surface area contributed by atoms with Gasteiger partial charge < -0.3 is 10.6 Å². The fraction of sp³-hybridized carbons (Fsp3) is 0.750. The molecule has 1 atom stereocenters. The van der Waals surface area contributed by atoms with Crippen LogP contribution in [0.5, 0.6) is 0 Å². The normalized spacial score (nSPS) is 24.3. The van der Waals surface area contributed by atoms with Crippen molar-refractivity contribution in [2.24, 2.45) is 0 Å². The van der Waals surface area contributed by atoms with Gasteiger partial charge in [0.2, 0.25) is 17.7 Å². The molecule has 1 aliphatic carbocycles. The molecule has 2 N–H and O–H groups in total. The topological polar surface area (TPSA) is 78.5 Å². The summed E-state index contributed by atoms with van der Waals surface area (Å²) >= 11 is 0. The van der Waals surface area contributed by atoms with Crippen LogP contribution < -0.4 is 10.6 Å². The van der Waals surface area contributed by atoms with E-state index >= 15 is 0 Å². The van der Waals surface area contributed by atoms with E-state index in [1.807, 2.05) is 0 Å². The van der Waals surface area contributed by atoms with Crippen molar-refractivity contribution in [2.45, 2.75) is 44.2 Å². The van der Waals surface area contributed by atoms with Gasteiger partial charge in [-0.05, 0) is 19.3 Å². The van der Waals surface area contributed by atoms with E-state index in [-0.39, 0.29) is 23.8 Å². The van der Waals surface area contributed by atoms with Crippen molar-refractivity contribution in [1.29, 1.82) is 0 Å². The second-order valence-corrected chi connectivity index (χ2v) is 4.93. The van der Waals surface area contributed by atoms with Gasteiger partial charge in [0, 0.05) is 32.5 Å². The van der Waals surface area contributed by atoms with Gasteiger partial charge in [-0.2, -0.15) is 0 Å². The van der Waals surface area contributed by atoms with Crippen molar-refractivity contribution < 1.29 is 14.4 Å². The maximum absolute atomic E-state index is 11.7. The lowest BCUT2D eigenvalue weighted by molar-refractivity contribution is -0.148. The SMILES string of the molecule is CN1C(=O)CCC(NCCC(=O)NC2CC2)C1=O. The van der Waals surface area contributed by atoms with Crippen LogP contribution in [-0.4, -0.2) is 48.3 Å². The third-order valence-electron chi connectivity index (χ3n) is 3.33. The Balaban J connectivity index is 1.68. The predicted octanol–water partition coefficient (Wildman–Crippen LogP) is -0.608. The first-order valence-corrected chi connectivity index (χ1v) is 6.41. The highest BCUT2D eigenvalue weighted by molar-refractivity contribution is 6.00. The van der Waals surface area contributed by atoms with Gasteiger partial charge in [-0.15, -0.1) is 0 Å². The van der Waals surface area contributed by atoms with Crippen molar-refractivity contribution in [3.63, 3.8) is 0 Å². The molecule has 1 saturated carbocycles. The first kappa shape index (κ1) is 13.0. The third-order valence-corrected chi connectivity index (χ3v) is 3.33. The summed E-state index contributed by atoms with van der Waals surface area (Å²) in [4.78, 5) is 35.6. The van der Waals surface area contributed by atoms with E-state index in [9.17, 15) is 14.4 Å². The zero-order valence-electron chi connectivity index (χ0n) is 10.6. The Morgan fingerprint density at radius 1 is 1.33 bits per heavy atom. The molecule has 1 heterocycles. The molecule has 1 aliphatic heterocycles. The van der Waals surface area contributed by atoms with E-state index in [2.05, 4.69) is 10.6 Å². The van der Waals surface area contributed by atoms with Gasteiger partial charge in [0.05, 0.1) is 6.04 Å². The van der Waals surface area contributed by atoms with Gasteiger partial charge in [-0.1, -0.05) is 0 Å². The molecule has 0 spiro atoms. The smallest absolute Gasteiger partial charge is 0.246 e. The number of rotatable bonds is 5. The molecular formula is C12H19N3O3. The lowest BCUT2D eigenvalue weighted by Crippen LogP contribution is -2.51. The highest BCUT2D eigenvalue weighted by Gasteiger charge is 2.31. The van der Waals surface area contributed by atoms with Gasteiger partial charge in [0.1, 0.15) is 0 Å². The zero-order chi connectivity index (χ0) is 13.1. The lowest BCUT2D eigenvalue weighted by atomic mass is 10.0. The van der Waals surface area contributed by atoms with Gasteiger partial charge in [0.25, 0.3) is 0 Å². The Bertz CT molecular complexity index is 366. The van der Waals surface area contributed by atoms with Crippen LogP contribution in [0.1, 0.15) is 32.1 Å². The molecule has 6 nitrogen and oxygen atoms in total. The van der Waals surface area contributed by atoms with E-state index in [0.717, 1.165) is 17.7 Å². The molecule has 1 unspecified atom stereocenters. The Kier molecular flexibility index (Phi) is 3.96. The van der Waals surface area contributed by atoms with Crippen LogP contribution in [0.4, 0.5) is 0 Å². The summed E-state index contributed by atoms with van der Waals surface area (Å²) < 4.78 is 0. The highest BCUT2D eigenvalue weighted by Crippen LogP contribution is 2.18. The fourth-order valence-electron chi connectivity index (χ4n) is 1.99. The molecule has 0 aromatic heterocycles. The summed E-state index contributed by atoms with van der Waals surface area (Å²) in [6, 6.07) is 0.0407. The van der Waals surface area contributed by atoms with Crippen LogP contribution >= 0.6 is 0 Å². The Hall–Kier alpha value is -1.43. The molecule has 1 saturated heterocycles. The molecule has 100 valence electrons. The number of nitrogens with one attached hydrogen (secondary N) is 2. The number of likely N-dealkylation sites (N-methyl/N-ethyl adjacent to an activating group) is 1. The number of amides is 3. The zero-order valence-corrected chi connectivity index (χ0v) is 10.6. The predicted molar refractivity (Wildman–Crippen MR) is 64.6 cm³/mol. The molecule has 18 heavy (non-hydrogen) atoms. The highest BCUT2D eigenvalue weighted by atomic mass is 16.2. The average Bonchev–Trinajstić information content (AvgIpc) is 3.13. The van der Waals surface area contributed by atoms with E-state index in [1.54, 1.807) is 0 Å². The molecule has 2 fully saturated rings. The number of imide groups is 1. The first-order chi connectivity index (χ1) is 8.58. The number of carbonyl (C=O) groups is 3. The standard InChI is InChI=1S/C12H19N3O3/c1-15-11(17)5-4-9(12(15)18)13-7-6-10(16)14-8-2-3-8/h8-9,13H,2-7H2,1H3,(H,14,16). The van der Waals surface area contributed by atoms with E-state index in [0.29, 0.717) is 31.8 Å². The van der Waals surface area contributed by atoms with Gasteiger partial charge in [0.15, 0.2) is 0 Å². The molecule has 3 amide bonds. The minimum atomic E-state index is -0.332. The van der Waals surface area contributed by atoms with Crippen LogP contribution in [-0.2, 0) is 14.4 Å². The molecule has 0 aromatic carbocycles. The van der Waals surface area contributed by atoms with Crippen LogP contribution in [0, 0.1) is 0 Å². The second-order valence-electron chi connectivity index (χ2n) is 4.93. The largest absolute Gasteiger partial charge is 0.353 e. The third kappa shape index (κ3) is 3.29. The molecular weight excluding hydrogens is 234 g/mol. The maximum atomic E-state index is 11.7. The lowest BCUT2D eigenvalue weighted by Gasteiger charge is -2.28. The van der Waals surface area contributed by atoms with Crippen molar-refractivity contribution in [1.82, 2.24) is 15.5 Å². The van der Waals surface area contributed by atoms with Crippen LogP contribution in [0.2, 0.25) is 0 Å². The van der Waals surface area contributed by atoms with Gasteiger partial charge >= 0.3 is 0 Å². The van der Waals surface area contributed by atoms with Crippen molar-refractivity contribution in [2.75, 3.05) is 13.6 Å². The molecule has 2 rings (SSSR count). The summed E-state index contributed by atoms with van der Waals surface area (Å²) in [5.74, 6) is -0.309. The molecule has 0 bridgehead atoms. The summed E-state index contributed by atoms with van der Waals surface area (Å²) in [6.07, 6.45) is 3.43. The monoisotopic (exact) mass is 253 g/mol. The maximum Gasteiger partial charge on any atom is 0.246 e. The van der Waals surface area contributed by atoms with Crippen molar-refractivity contribution in [3.05, 3.63) is 0 Å². The summed E-state index contributed by atoms with van der Waals surface area (Å²) in [5.41, 5.74) is 0. The van der Waals surface area contributed by atoms with Crippen LogP contribution in [0.15, 0.2) is 0 Å². The quantitative estimate of drug-likeness (QED) is 0.641. The number of hydrogen-bond donors (Lipinski definition) is 2. The number of carbonyl (C=O) groups excluding carboxylic acids is 3. The van der Waals surface area contributed by atoms with E-state index in [4.69, 9.17) is 0 Å². The van der Waals surface area contributed by atoms with Crippen molar-refractivity contribution >= 4 is 17.7 Å². The Labute approximate surface area is 106 Å². The minimum absolute atomic E-state index is 0.0256. The molecule has 6 heteroatoms. The van der Waals surface area contributed by atoms with Crippen LogP contribution in [0.3, 0.4) is 0 Å². The fourth-order valence-corrected chi connectivity index (χ4v) is 1.99. The second kappa shape index (κ2) is 5.48. The number of hydrogen-bond acceptors (Lipinski definition) is 4. The number of piperidine rings is 1. The van der Waals surface area contributed by atoms with Crippen molar-refractivity contribution in [3.8, 4) is 0 Å². The minimum Gasteiger partial charge on any atom is -0.353 e. The Morgan fingerprint density at radius 2 is 2.06 bits per heavy atom. The van der Waals surface area contributed by atoms with Crippen LogP contribution in [0.25, 0.3) is 0 Å².